The predicted octanol–water partition coefficient (Wildman–Crippen LogP) is 4.53. The summed E-state index contributed by atoms with van der Waals surface area (Å²) in [6, 6.07) is 8.21. The summed E-state index contributed by atoms with van der Waals surface area (Å²) in [6.45, 7) is 12.1. The number of fused-ring (bicyclic) bond motifs is 1. The minimum atomic E-state index is -0.655. The summed E-state index contributed by atoms with van der Waals surface area (Å²) in [4.78, 5) is 19.5. The van der Waals surface area contributed by atoms with Crippen molar-refractivity contribution in [2.24, 2.45) is 0 Å². The molecule has 0 aliphatic carbocycles. The first kappa shape index (κ1) is 22.0. The molecule has 1 amide bonds. The maximum absolute atomic E-state index is 13.8. The lowest BCUT2D eigenvalue weighted by Gasteiger charge is -2.23. The molecule has 2 aliphatic rings. The van der Waals surface area contributed by atoms with Crippen LogP contribution >= 0.6 is 0 Å². The molecule has 168 valence electrons. The second-order valence-corrected chi connectivity index (χ2v) is 8.44. The van der Waals surface area contributed by atoms with Gasteiger partial charge in [0.25, 0.3) is 5.91 Å². The molecule has 0 fully saturated rings. The molecule has 0 radical (unpaired) electrons. The van der Waals surface area contributed by atoms with E-state index < -0.39 is 11.4 Å². The molecule has 2 N–H and O–H groups in total. The molecule has 7 heteroatoms. The molecule has 0 bridgehead atoms. The van der Waals surface area contributed by atoms with Crippen molar-refractivity contribution in [3.8, 4) is 0 Å². The summed E-state index contributed by atoms with van der Waals surface area (Å²) in [6.07, 6.45) is 3.67. The van der Waals surface area contributed by atoms with E-state index in [1.165, 1.54) is 12.1 Å². The number of nitrogens with one attached hydrogen (secondary N) is 2. The van der Waals surface area contributed by atoms with Crippen molar-refractivity contribution in [2.45, 2.75) is 33.3 Å². The molecule has 0 saturated heterocycles. The largest absolute Gasteiger partial charge is 0.482 e. The van der Waals surface area contributed by atoms with Crippen LogP contribution in [-0.4, -0.2) is 47.6 Å². The Hall–Kier alpha value is -3.19. The van der Waals surface area contributed by atoms with Crippen LogP contribution in [0, 0.1) is 5.82 Å². The number of rotatable bonds is 7. The van der Waals surface area contributed by atoms with E-state index in [9.17, 15) is 9.18 Å². The van der Waals surface area contributed by atoms with Crippen LogP contribution in [0.3, 0.4) is 0 Å². The molecule has 0 unspecified atom stereocenters. The molecule has 0 saturated carbocycles. The van der Waals surface area contributed by atoms with Crippen molar-refractivity contribution < 1.29 is 13.9 Å². The van der Waals surface area contributed by atoms with Crippen LogP contribution in [0.25, 0.3) is 11.1 Å². The summed E-state index contributed by atoms with van der Waals surface area (Å²) in [5.74, 6) is 0.567. The van der Waals surface area contributed by atoms with Crippen molar-refractivity contribution >= 4 is 28.6 Å². The Balaban J connectivity index is 1.58. The van der Waals surface area contributed by atoms with E-state index in [1.807, 2.05) is 38.3 Å². The molecule has 2 aliphatic heterocycles. The highest BCUT2D eigenvalue weighted by atomic mass is 19.1. The quantitative estimate of drug-likeness (QED) is 0.625. The number of halogens is 1. The Bertz CT molecular complexity index is 1090. The van der Waals surface area contributed by atoms with Crippen LogP contribution in [0.15, 0.2) is 48.4 Å². The van der Waals surface area contributed by atoms with Crippen LogP contribution in [0.1, 0.15) is 38.8 Å². The van der Waals surface area contributed by atoms with Gasteiger partial charge in [-0.3, -0.25) is 4.79 Å². The molecule has 0 atom stereocenters. The summed E-state index contributed by atoms with van der Waals surface area (Å²) in [5.41, 5.74) is 2.63. The fourth-order valence-electron chi connectivity index (χ4n) is 4.14. The summed E-state index contributed by atoms with van der Waals surface area (Å²) < 4.78 is 20.0. The average Bonchev–Trinajstić information content (AvgIpc) is 3.26. The van der Waals surface area contributed by atoms with Gasteiger partial charge in [-0.1, -0.05) is 13.8 Å². The van der Waals surface area contributed by atoms with Gasteiger partial charge in [-0.2, -0.15) is 0 Å². The number of carbonyl (C=O) groups is 1. The van der Waals surface area contributed by atoms with E-state index in [2.05, 4.69) is 34.4 Å². The first-order chi connectivity index (χ1) is 15.3. The summed E-state index contributed by atoms with van der Waals surface area (Å²) >= 11 is 0. The van der Waals surface area contributed by atoms with E-state index in [4.69, 9.17) is 4.74 Å². The molecular formula is C25H29FN4O2. The lowest BCUT2D eigenvalue weighted by Crippen LogP contribution is -2.28. The van der Waals surface area contributed by atoms with Crippen molar-refractivity contribution in [1.29, 1.82) is 0 Å². The zero-order chi connectivity index (χ0) is 22.9. The Kier molecular flexibility index (Phi) is 6.02. The number of carbonyl (C=O) groups excluding carboxylic acids is 1. The van der Waals surface area contributed by atoms with Gasteiger partial charge >= 0.3 is 0 Å². The zero-order valence-corrected chi connectivity index (χ0v) is 19.0. The molecule has 2 aromatic rings. The molecule has 1 aromatic carbocycles. The first-order valence-corrected chi connectivity index (χ1v) is 11.0. The topological polar surface area (TPSA) is 66.5 Å². The predicted molar refractivity (Wildman–Crippen MR) is 126 cm³/mol. The SMILES string of the molecule is CCN(CC)CCNc1ccc(C2=CC(=C3C(=O)Nc4ccc(F)cc43)OC2(C)C)cn1. The van der Waals surface area contributed by atoms with E-state index >= 15 is 0 Å². The third kappa shape index (κ3) is 4.25. The third-order valence-corrected chi connectivity index (χ3v) is 5.96. The zero-order valence-electron chi connectivity index (χ0n) is 19.0. The van der Waals surface area contributed by atoms with E-state index in [0.717, 1.165) is 43.1 Å². The van der Waals surface area contributed by atoms with Crippen molar-refractivity contribution in [3.63, 3.8) is 0 Å². The smallest absolute Gasteiger partial charge is 0.260 e. The van der Waals surface area contributed by atoms with Gasteiger partial charge in [0.1, 0.15) is 23.0 Å². The van der Waals surface area contributed by atoms with Gasteiger partial charge in [0, 0.05) is 41.7 Å². The maximum atomic E-state index is 13.8. The van der Waals surface area contributed by atoms with Crippen molar-refractivity contribution in [1.82, 2.24) is 9.88 Å². The number of benzene rings is 1. The Morgan fingerprint density at radius 1 is 1.19 bits per heavy atom. The minimum absolute atomic E-state index is 0.292. The van der Waals surface area contributed by atoms with Crippen LogP contribution < -0.4 is 10.6 Å². The van der Waals surface area contributed by atoms with Crippen molar-refractivity contribution in [2.75, 3.05) is 36.8 Å². The third-order valence-electron chi connectivity index (χ3n) is 5.96. The Morgan fingerprint density at radius 2 is 1.97 bits per heavy atom. The summed E-state index contributed by atoms with van der Waals surface area (Å²) in [5, 5.41) is 6.14. The van der Waals surface area contributed by atoms with Crippen LogP contribution in [0.2, 0.25) is 0 Å². The highest BCUT2D eigenvalue weighted by molar-refractivity contribution is 6.32. The number of nitrogens with zero attached hydrogens (tertiary/aromatic N) is 2. The molecule has 6 nitrogen and oxygen atoms in total. The fraction of sp³-hybridized carbons (Fsp3) is 0.360. The highest BCUT2D eigenvalue weighted by Gasteiger charge is 2.38. The normalized spacial score (nSPS) is 18.9. The molecule has 4 rings (SSSR count). The standard InChI is InChI=1S/C25H29FN4O2/c1-5-30(6-2)12-11-27-22-10-7-16(15-28-22)19-14-21(32-25(19,3)4)23-18-13-17(26)8-9-20(18)29-24(23)31/h7-10,13-15H,5-6,11-12H2,1-4H3,(H,27,28)(H,29,31). The number of aromatic nitrogens is 1. The molecule has 0 spiro atoms. The van der Waals surface area contributed by atoms with E-state index in [-0.39, 0.29) is 5.91 Å². The van der Waals surface area contributed by atoms with Gasteiger partial charge in [0.2, 0.25) is 0 Å². The van der Waals surface area contributed by atoms with Crippen LogP contribution in [0.5, 0.6) is 0 Å². The number of pyridine rings is 1. The summed E-state index contributed by atoms with van der Waals surface area (Å²) in [7, 11) is 0. The number of amides is 1. The molecular weight excluding hydrogens is 407 g/mol. The Morgan fingerprint density at radius 3 is 2.66 bits per heavy atom. The monoisotopic (exact) mass is 436 g/mol. The van der Waals surface area contributed by atoms with Gasteiger partial charge in [0.05, 0.1) is 5.57 Å². The molecule has 3 heterocycles. The Labute approximate surface area is 188 Å². The first-order valence-electron chi connectivity index (χ1n) is 11.0. The lowest BCUT2D eigenvalue weighted by atomic mass is 9.93. The maximum Gasteiger partial charge on any atom is 0.260 e. The number of allylic oxidation sites excluding steroid dienone is 1. The fourth-order valence-corrected chi connectivity index (χ4v) is 4.14. The van der Waals surface area contributed by atoms with E-state index in [0.29, 0.717) is 22.6 Å². The lowest BCUT2D eigenvalue weighted by molar-refractivity contribution is -0.111. The second-order valence-electron chi connectivity index (χ2n) is 8.44. The molecule has 1 aromatic heterocycles. The average molecular weight is 437 g/mol. The number of hydrogen-bond donors (Lipinski definition) is 2. The molecule has 32 heavy (non-hydrogen) atoms. The van der Waals surface area contributed by atoms with Crippen LogP contribution in [0.4, 0.5) is 15.9 Å². The number of hydrogen-bond acceptors (Lipinski definition) is 5. The minimum Gasteiger partial charge on any atom is -0.482 e. The highest BCUT2D eigenvalue weighted by Crippen LogP contribution is 2.44. The van der Waals surface area contributed by atoms with Crippen LogP contribution in [-0.2, 0) is 9.53 Å². The number of ether oxygens (including phenoxy) is 1. The van der Waals surface area contributed by atoms with Gasteiger partial charge in [-0.25, -0.2) is 9.37 Å². The second kappa shape index (κ2) is 8.74. The van der Waals surface area contributed by atoms with Gasteiger partial charge in [-0.15, -0.1) is 0 Å². The van der Waals surface area contributed by atoms with Gasteiger partial charge < -0.3 is 20.3 Å². The van der Waals surface area contributed by atoms with Gasteiger partial charge in [0.15, 0.2) is 0 Å². The van der Waals surface area contributed by atoms with Crippen molar-refractivity contribution in [3.05, 3.63) is 65.3 Å². The number of anilines is 2. The van der Waals surface area contributed by atoms with E-state index in [1.54, 1.807) is 6.07 Å². The van der Waals surface area contributed by atoms with Gasteiger partial charge in [-0.05, 0) is 63.3 Å². The number of likely N-dealkylation sites (N-methyl/N-ethyl adjacent to an activating group) is 1.